The summed E-state index contributed by atoms with van der Waals surface area (Å²) in [5.41, 5.74) is 0.406. The highest BCUT2D eigenvalue weighted by molar-refractivity contribution is 5.84. The van der Waals surface area contributed by atoms with Crippen molar-refractivity contribution in [2.45, 2.75) is 70.0 Å². The van der Waals surface area contributed by atoms with E-state index >= 15 is 0 Å². The Morgan fingerprint density at radius 1 is 1.07 bits per heavy atom. The maximum absolute atomic E-state index is 13.0. The van der Waals surface area contributed by atoms with E-state index in [9.17, 15) is 9.18 Å². The lowest BCUT2D eigenvalue weighted by Gasteiger charge is -2.28. The van der Waals surface area contributed by atoms with Gasteiger partial charge in [0.1, 0.15) is 18.0 Å². The van der Waals surface area contributed by atoms with Gasteiger partial charge in [-0.15, -0.1) is 0 Å². The minimum Gasteiger partial charge on any atom is -0.440 e. The first kappa shape index (κ1) is 19.5. The van der Waals surface area contributed by atoms with Crippen LogP contribution in [-0.2, 0) is 28.4 Å². The van der Waals surface area contributed by atoms with Crippen LogP contribution >= 0.6 is 0 Å². The first-order valence-electron chi connectivity index (χ1n) is 9.18. The van der Waals surface area contributed by atoms with E-state index in [1.165, 1.54) is 24.3 Å². The molecule has 5 atom stereocenters. The lowest BCUT2D eigenvalue weighted by molar-refractivity contribution is -0.231. The molecule has 3 aliphatic rings. The van der Waals surface area contributed by atoms with Gasteiger partial charge in [-0.3, -0.25) is 5.32 Å². The van der Waals surface area contributed by atoms with E-state index in [0.29, 0.717) is 12.3 Å². The molecule has 1 amide bonds. The normalized spacial score (nSPS) is 35.5. The largest absolute Gasteiger partial charge is 0.440 e. The number of fused-ring (bicyclic) bond motifs is 1. The average molecular weight is 397 g/mol. The molecule has 1 unspecified atom stereocenters. The van der Waals surface area contributed by atoms with Crippen LogP contribution in [0.5, 0.6) is 0 Å². The zero-order valence-electron chi connectivity index (χ0n) is 16.1. The lowest BCUT2D eigenvalue weighted by atomic mass is 10.1. The van der Waals surface area contributed by atoms with Gasteiger partial charge in [-0.1, -0.05) is 0 Å². The third-order valence-corrected chi connectivity index (χ3v) is 4.76. The Hall–Kier alpha value is -1.78. The van der Waals surface area contributed by atoms with E-state index in [1.54, 1.807) is 27.7 Å². The standard InChI is InChI=1S/C19H24FNO7/c1-18(2)23-9-12(26-18)13-14(15-16(24-13)28-19(3,4)27-15)25-17(22)21-11-7-5-10(20)6-8-11/h5-8,12-16H,9H2,1-4H3,(H,21,22)/t12?,13-,14+,15-,16-/m1/s1. The van der Waals surface area contributed by atoms with E-state index in [4.69, 9.17) is 28.4 Å². The summed E-state index contributed by atoms with van der Waals surface area (Å²) in [6.07, 6.45) is -3.83. The molecule has 3 fully saturated rings. The minimum atomic E-state index is -0.859. The number of hydrogen-bond acceptors (Lipinski definition) is 7. The number of halogens is 1. The molecule has 1 N–H and O–H groups in total. The zero-order valence-corrected chi connectivity index (χ0v) is 16.1. The van der Waals surface area contributed by atoms with Gasteiger partial charge in [0.05, 0.1) is 6.61 Å². The molecule has 1 aromatic carbocycles. The van der Waals surface area contributed by atoms with Crippen LogP contribution in [-0.4, -0.2) is 55.0 Å². The zero-order chi connectivity index (χ0) is 20.1. The topological polar surface area (TPSA) is 84.5 Å². The van der Waals surface area contributed by atoms with E-state index in [-0.39, 0.29) is 0 Å². The second-order valence-electron chi connectivity index (χ2n) is 7.94. The number of ether oxygens (including phenoxy) is 6. The van der Waals surface area contributed by atoms with Crippen molar-refractivity contribution in [3.05, 3.63) is 30.1 Å². The number of anilines is 1. The fourth-order valence-corrected chi connectivity index (χ4v) is 3.62. The average Bonchev–Trinajstić information content (AvgIpc) is 3.20. The molecule has 1 aromatic rings. The molecule has 3 heterocycles. The Balaban J connectivity index is 1.48. The molecule has 0 spiro atoms. The SMILES string of the molecule is CC1(C)OCC([C@H]2O[C@@H]3OC(C)(C)O[C@@H]3[C@H]2OC(=O)Nc2ccc(F)cc2)O1. The Kier molecular flexibility index (Phi) is 4.83. The highest BCUT2D eigenvalue weighted by Gasteiger charge is 2.60. The summed E-state index contributed by atoms with van der Waals surface area (Å²) in [6, 6.07) is 5.37. The predicted octanol–water partition coefficient (Wildman–Crippen LogP) is 2.77. The van der Waals surface area contributed by atoms with Gasteiger partial charge >= 0.3 is 6.09 Å². The van der Waals surface area contributed by atoms with Gasteiger partial charge in [0.2, 0.25) is 0 Å². The van der Waals surface area contributed by atoms with Gasteiger partial charge in [0.15, 0.2) is 30.1 Å². The van der Waals surface area contributed by atoms with Gasteiger partial charge in [-0.05, 0) is 52.0 Å². The second-order valence-corrected chi connectivity index (χ2v) is 7.94. The molecule has 28 heavy (non-hydrogen) atoms. The number of carbonyl (C=O) groups is 1. The van der Waals surface area contributed by atoms with Crippen molar-refractivity contribution < 1.29 is 37.6 Å². The quantitative estimate of drug-likeness (QED) is 0.840. The number of hydrogen-bond donors (Lipinski definition) is 1. The second kappa shape index (κ2) is 6.93. The van der Waals surface area contributed by atoms with Crippen LogP contribution < -0.4 is 5.32 Å². The summed E-state index contributed by atoms with van der Waals surface area (Å²) in [6.45, 7) is 7.42. The highest BCUT2D eigenvalue weighted by atomic mass is 19.1. The highest BCUT2D eigenvalue weighted by Crippen LogP contribution is 2.42. The first-order chi connectivity index (χ1) is 13.1. The van der Waals surface area contributed by atoms with Gasteiger partial charge in [-0.25, -0.2) is 9.18 Å². The van der Waals surface area contributed by atoms with E-state index in [2.05, 4.69) is 5.32 Å². The van der Waals surface area contributed by atoms with Crippen molar-refractivity contribution >= 4 is 11.8 Å². The summed E-state index contributed by atoms with van der Waals surface area (Å²) in [7, 11) is 0. The fourth-order valence-electron chi connectivity index (χ4n) is 3.62. The Morgan fingerprint density at radius 3 is 2.43 bits per heavy atom. The molecule has 9 heteroatoms. The van der Waals surface area contributed by atoms with E-state index in [0.717, 1.165) is 0 Å². The molecular weight excluding hydrogens is 373 g/mol. The van der Waals surface area contributed by atoms with Crippen molar-refractivity contribution in [1.29, 1.82) is 0 Å². The molecule has 3 saturated heterocycles. The Morgan fingerprint density at radius 2 is 1.79 bits per heavy atom. The predicted molar refractivity (Wildman–Crippen MR) is 93.9 cm³/mol. The summed E-state index contributed by atoms with van der Waals surface area (Å²) in [5, 5.41) is 2.57. The van der Waals surface area contributed by atoms with Crippen molar-refractivity contribution in [2.24, 2.45) is 0 Å². The number of nitrogens with one attached hydrogen (secondary N) is 1. The van der Waals surface area contributed by atoms with Crippen LogP contribution in [0, 0.1) is 5.82 Å². The van der Waals surface area contributed by atoms with E-state index < -0.39 is 54.2 Å². The maximum Gasteiger partial charge on any atom is 0.412 e. The molecule has 0 radical (unpaired) electrons. The van der Waals surface area contributed by atoms with Crippen molar-refractivity contribution in [1.82, 2.24) is 0 Å². The molecule has 0 saturated carbocycles. The van der Waals surface area contributed by atoms with Crippen LogP contribution in [0.15, 0.2) is 24.3 Å². The van der Waals surface area contributed by atoms with Crippen LogP contribution in [0.2, 0.25) is 0 Å². The number of rotatable bonds is 3. The molecule has 0 aliphatic carbocycles. The number of amides is 1. The maximum atomic E-state index is 13.0. The lowest BCUT2D eigenvalue weighted by Crippen LogP contribution is -2.45. The van der Waals surface area contributed by atoms with Crippen molar-refractivity contribution in [3.63, 3.8) is 0 Å². The smallest absolute Gasteiger partial charge is 0.412 e. The van der Waals surface area contributed by atoms with Gasteiger partial charge in [0, 0.05) is 5.69 Å². The summed E-state index contributed by atoms with van der Waals surface area (Å²) < 4.78 is 47.8. The third kappa shape index (κ3) is 3.99. The van der Waals surface area contributed by atoms with Crippen LogP contribution in [0.25, 0.3) is 0 Å². The Bertz CT molecular complexity index is 738. The first-order valence-corrected chi connectivity index (χ1v) is 9.18. The van der Waals surface area contributed by atoms with Crippen molar-refractivity contribution in [3.8, 4) is 0 Å². The van der Waals surface area contributed by atoms with Gasteiger partial charge in [-0.2, -0.15) is 0 Å². The molecule has 8 nitrogen and oxygen atoms in total. The van der Waals surface area contributed by atoms with Crippen molar-refractivity contribution in [2.75, 3.05) is 11.9 Å². The van der Waals surface area contributed by atoms with E-state index in [1.807, 2.05) is 0 Å². The molecule has 154 valence electrons. The number of benzene rings is 1. The van der Waals surface area contributed by atoms with Crippen LogP contribution in [0.4, 0.5) is 14.9 Å². The molecule has 0 bridgehead atoms. The minimum absolute atomic E-state index is 0.292. The molecular formula is C19H24FNO7. The molecule has 3 aliphatic heterocycles. The van der Waals surface area contributed by atoms with Crippen LogP contribution in [0.1, 0.15) is 27.7 Å². The van der Waals surface area contributed by atoms with Gasteiger partial charge in [0.25, 0.3) is 0 Å². The van der Waals surface area contributed by atoms with Crippen LogP contribution in [0.3, 0.4) is 0 Å². The third-order valence-electron chi connectivity index (χ3n) is 4.76. The Labute approximate surface area is 162 Å². The summed E-state index contributed by atoms with van der Waals surface area (Å²) in [5.74, 6) is -2.01. The summed E-state index contributed by atoms with van der Waals surface area (Å²) >= 11 is 0. The fraction of sp³-hybridized carbons (Fsp3) is 0.632. The monoisotopic (exact) mass is 397 g/mol. The molecule has 4 rings (SSSR count). The summed E-state index contributed by atoms with van der Waals surface area (Å²) in [4.78, 5) is 12.4. The van der Waals surface area contributed by atoms with Gasteiger partial charge < -0.3 is 28.4 Å². The number of carbonyl (C=O) groups excluding carboxylic acids is 1. The molecule has 0 aromatic heterocycles.